The van der Waals surface area contributed by atoms with Crippen LogP contribution in [0.1, 0.15) is 0 Å². The van der Waals surface area contributed by atoms with Crippen molar-refractivity contribution in [1.82, 2.24) is 8.46 Å². The van der Waals surface area contributed by atoms with Crippen LogP contribution in [0.25, 0.3) is 0 Å². The zero-order valence-electron chi connectivity index (χ0n) is 9.49. The van der Waals surface area contributed by atoms with Crippen LogP contribution in [0.2, 0.25) is 19.6 Å². The summed E-state index contributed by atoms with van der Waals surface area (Å²) in [5, 5.41) is 0. The van der Waals surface area contributed by atoms with Gasteiger partial charge in [0.15, 0.2) is 0 Å². The summed E-state index contributed by atoms with van der Waals surface area (Å²) < 4.78 is 9.77. The first-order valence-corrected chi connectivity index (χ1v) is 11.3. The lowest BCUT2D eigenvalue weighted by molar-refractivity contribution is 0.663. The Hall–Kier alpha value is -0.469. The first-order valence-electron chi connectivity index (χ1n) is 4.77. The van der Waals surface area contributed by atoms with Crippen molar-refractivity contribution in [1.29, 1.82) is 0 Å². The SMILES string of the molecule is C=CN1[SiH](C=C)N=[Si](C)N(C)[Si]1(C)C. The van der Waals surface area contributed by atoms with Crippen molar-refractivity contribution in [3.63, 3.8) is 0 Å². The minimum Gasteiger partial charge on any atom is -0.408 e. The van der Waals surface area contributed by atoms with Crippen LogP contribution in [-0.4, -0.2) is 41.8 Å². The zero-order valence-corrected chi connectivity index (χ0v) is 12.6. The number of nitrogens with zero attached hydrogens (tertiary/aromatic N) is 3. The largest absolute Gasteiger partial charge is 0.408 e. The van der Waals surface area contributed by atoms with E-state index in [0.29, 0.717) is 0 Å². The maximum absolute atomic E-state index is 4.87. The molecule has 0 N–H and O–H groups in total. The van der Waals surface area contributed by atoms with E-state index in [2.05, 4.69) is 54.0 Å². The first-order chi connectivity index (χ1) is 6.45. The molecule has 0 amide bonds. The fourth-order valence-corrected chi connectivity index (χ4v) is 14.4. The average Bonchev–Trinajstić information content (AvgIpc) is 2.13. The van der Waals surface area contributed by atoms with Gasteiger partial charge >= 0.3 is 0 Å². The van der Waals surface area contributed by atoms with Gasteiger partial charge in [0.25, 0.3) is 9.12 Å². The lowest BCUT2D eigenvalue weighted by Crippen LogP contribution is -2.67. The Balaban J connectivity index is 3.16. The second-order valence-electron chi connectivity index (χ2n) is 3.97. The molecule has 1 rings (SSSR count). The molecule has 0 spiro atoms. The Labute approximate surface area is 91.1 Å². The van der Waals surface area contributed by atoms with Gasteiger partial charge in [0.2, 0.25) is 17.1 Å². The fourth-order valence-electron chi connectivity index (χ4n) is 1.73. The highest BCUT2D eigenvalue weighted by Crippen LogP contribution is 2.21. The normalized spacial score (nSPS) is 25.7. The lowest BCUT2D eigenvalue weighted by Gasteiger charge is -2.49. The van der Waals surface area contributed by atoms with Crippen molar-refractivity contribution in [2.75, 3.05) is 7.05 Å². The van der Waals surface area contributed by atoms with Crippen LogP contribution in [0.5, 0.6) is 0 Å². The van der Waals surface area contributed by atoms with Crippen LogP contribution in [0.15, 0.2) is 29.4 Å². The molecule has 0 fully saturated rings. The van der Waals surface area contributed by atoms with Crippen molar-refractivity contribution < 1.29 is 0 Å². The Kier molecular flexibility index (Phi) is 3.28. The maximum Gasteiger partial charge on any atom is 0.276 e. The summed E-state index contributed by atoms with van der Waals surface area (Å²) in [6.07, 6.45) is 1.97. The van der Waals surface area contributed by atoms with E-state index in [0.717, 1.165) is 0 Å². The molecular formula is C8H19N3Si3. The highest BCUT2D eigenvalue weighted by atomic mass is 28.4. The molecule has 0 aromatic rings. The molecule has 0 aliphatic carbocycles. The molecule has 78 valence electrons. The Morgan fingerprint density at radius 3 is 2.43 bits per heavy atom. The van der Waals surface area contributed by atoms with E-state index in [-0.39, 0.29) is 0 Å². The molecule has 1 heterocycles. The fraction of sp³-hybridized carbons (Fsp3) is 0.500. The van der Waals surface area contributed by atoms with Crippen LogP contribution in [0, 0.1) is 0 Å². The van der Waals surface area contributed by atoms with E-state index < -0.39 is 26.3 Å². The van der Waals surface area contributed by atoms with Crippen LogP contribution >= 0.6 is 0 Å². The number of hydrogen-bond acceptors (Lipinski definition) is 3. The van der Waals surface area contributed by atoms with Gasteiger partial charge in [0, 0.05) is 0 Å². The molecular weight excluding hydrogens is 222 g/mol. The van der Waals surface area contributed by atoms with Crippen LogP contribution in [0.3, 0.4) is 0 Å². The van der Waals surface area contributed by atoms with E-state index in [1.165, 1.54) is 0 Å². The first kappa shape index (κ1) is 11.6. The van der Waals surface area contributed by atoms with E-state index in [9.17, 15) is 0 Å². The third-order valence-electron chi connectivity index (χ3n) is 2.95. The number of hydrogen-bond donors (Lipinski definition) is 0. The van der Waals surface area contributed by atoms with Crippen LogP contribution in [-0.2, 0) is 0 Å². The summed E-state index contributed by atoms with van der Waals surface area (Å²) in [5.41, 5.74) is 2.05. The molecule has 6 heteroatoms. The minimum absolute atomic E-state index is 0.659. The summed E-state index contributed by atoms with van der Waals surface area (Å²) in [7, 11) is -1.21. The standard InChI is InChI=1S/C8H19N3Si3/c1-7-11-13(8-2)9-12(4)10(3)14(11,5)6/h7-8,13H,1-2H2,3-6H3. The third-order valence-corrected chi connectivity index (χ3v) is 16.1. The second-order valence-corrected chi connectivity index (χ2v) is 13.8. The maximum atomic E-state index is 4.87. The molecule has 0 saturated carbocycles. The van der Waals surface area contributed by atoms with E-state index in [1.54, 1.807) is 0 Å². The monoisotopic (exact) mass is 241 g/mol. The van der Waals surface area contributed by atoms with Crippen LogP contribution in [0.4, 0.5) is 0 Å². The Morgan fingerprint density at radius 1 is 1.43 bits per heavy atom. The summed E-state index contributed by atoms with van der Waals surface area (Å²) in [6, 6.07) is 0. The quantitative estimate of drug-likeness (QED) is 0.681. The van der Waals surface area contributed by atoms with Gasteiger partial charge < -0.3 is 12.8 Å². The summed E-state index contributed by atoms with van der Waals surface area (Å²) in [6.45, 7) is 14.8. The molecule has 3 nitrogen and oxygen atoms in total. The molecule has 1 atom stereocenters. The van der Waals surface area contributed by atoms with Gasteiger partial charge in [-0.3, -0.25) is 0 Å². The second kappa shape index (κ2) is 3.95. The van der Waals surface area contributed by atoms with Gasteiger partial charge in [-0.05, 0) is 32.9 Å². The Bertz CT molecular complexity index is 288. The van der Waals surface area contributed by atoms with Gasteiger partial charge in [-0.25, -0.2) is 0 Å². The van der Waals surface area contributed by atoms with Crippen LogP contribution < -0.4 is 0 Å². The molecule has 0 aromatic heterocycles. The van der Waals surface area contributed by atoms with Crippen molar-refractivity contribution in [2.24, 2.45) is 4.30 Å². The van der Waals surface area contributed by atoms with Crippen molar-refractivity contribution in [3.05, 3.63) is 25.1 Å². The topological polar surface area (TPSA) is 18.8 Å². The highest BCUT2D eigenvalue weighted by Gasteiger charge is 2.40. The van der Waals surface area contributed by atoms with Gasteiger partial charge in [-0.1, -0.05) is 12.3 Å². The molecule has 0 radical (unpaired) electrons. The van der Waals surface area contributed by atoms with Crippen molar-refractivity contribution >= 4 is 26.3 Å². The Morgan fingerprint density at radius 2 is 2.00 bits per heavy atom. The highest BCUT2D eigenvalue weighted by molar-refractivity contribution is 6.91. The average molecular weight is 242 g/mol. The van der Waals surface area contributed by atoms with E-state index >= 15 is 0 Å². The summed E-state index contributed by atoms with van der Waals surface area (Å²) in [4.78, 5) is 0. The summed E-state index contributed by atoms with van der Waals surface area (Å²) >= 11 is 0. The molecule has 1 unspecified atom stereocenters. The van der Waals surface area contributed by atoms with Gasteiger partial charge in [-0.2, -0.15) is 0 Å². The van der Waals surface area contributed by atoms with Gasteiger partial charge in [0.1, 0.15) is 0 Å². The smallest absolute Gasteiger partial charge is 0.276 e. The van der Waals surface area contributed by atoms with Crippen molar-refractivity contribution in [2.45, 2.75) is 19.6 Å². The predicted molar refractivity (Wildman–Crippen MR) is 68.7 cm³/mol. The lowest BCUT2D eigenvalue weighted by atomic mass is 11.1. The number of rotatable bonds is 2. The zero-order chi connectivity index (χ0) is 10.9. The van der Waals surface area contributed by atoms with E-state index in [4.69, 9.17) is 4.30 Å². The molecule has 14 heavy (non-hydrogen) atoms. The molecule has 0 saturated heterocycles. The molecule has 0 aromatic carbocycles. The third kappa shape index (κ3) is 1.69. The molecule has 1 aliphatic heterocycles. The molecule has 0 bridgehead atoms. The van der Waals surface area contributed by atoms with Gasteiger partial charge in [0.05, 0.1) is 0 Å². The molecule has 1 aliphatic rings. The predicted octanol–water partition coefficient (Wildman–Crippen LogP) is 1.41. The van der Waals surface area contributed by atoms with E-state index in [1.807, 2.05) is 6.20 Å². The van der Waals surface area contributed by atoms with Crippen molar-refractivity contribution in [3.8, 4) is 0 Å². The summed E-state index contributed by atoms with van der Waals surface area (Å²) in [5.74, 6) is 0. The minimum atomic E-state index is -1.48. The van der Waals surface area contributed by atoms with Gasteiger partial charge in [-0.15, -0.1) is 6.58 Å².